The van der Waals surface area contributed by atoms with E-state index in [1.807, 2.05) is 38.1 Å². The number of rotatable bonds is 7. The number of carbonyl (C=O) groups excluding carboxylic acids is 2. The zero-order chi connectivity index (χ0) is 21.7. The number of ether oxygens (including phenoxy) is 2. The third kappa shape index (κ3) is 4.76. The van der Waals surface area contributed by atoms with E-state index in [1.165, 1.54) is 0 Å². The van der Waals surface area contributed by atoms with Gasteiger partial charge in [-0.2, -0.15) is 0 Å². The third-order valence-corrected chi connectivity index (χ3v) is 4.61. The highest BCUT2D eigenvalue weighted by atomic mass is 35.5. The minimum atomic E-state index is -0.474. The molecular weight excluding hydrogens is 404 g/mol. The summed E-state index contributed by atoms with van der Waals surface area (Å²) in [6.45, 7) is 4.41. The number of halogens is 1. The molecule has 0 saturated carbocycles. The first kappa shape index (κ1) is 21.3. The maximum atomic E-state index is 12.8. The lowest BCUT2D eigenvalue weighted by Gasteiger charge is -2.13. The average molecular weight is 425 g/mol. The first-order chi connectivity index (χ1) is 14.4. The van der Waals surface area contributed by atoms with Crippen LogP contribution in [0, 0.1) is 19.3 Å². The van der Waals surface area contributed by atoms with Crippen LogP contribution in [-0.2, 0) is 11.3 Å². The number of terminal acetylenes is 1. The molecule has 0 atom stereocenters. The van der Waals surface area contributed by atoms with Crippen LogP contribution in [0.3, 0.4) is 0 Å². The van der Waals surface area contributed by atoms with Crippen LogP contribution in [-0.4, -0.2) is 30.1 Å². The van der Waals surface area contributed by atoms with Crippen molar-refractivity contribution in [2.75, 3.05) is 13.2 Å². The Balaban J connectivity index is 1.86. The number of nitrogens with zero attached hydrogens (tertiary/aromatic N) is 1. The molecule has 154 valence electrons. The topological polar surface area (TPSA) is 67.9 Å². The quantitative estimate of drug-likeness (QED) is 0.412. The molecule has 1 N–H and O–H groups in total. The van der Waals surface area contributed by atoms with Gasteiger partial charge in [0.25, 0.3) is 5.91 Å². The largest absolute Gasteiger partial charge is 0.490 e. The van der Waals surface area contributed by atoms with Crippen molar-refractivity contribution in [1.29, 1.82) is 0 Å². The second-order valence-electron chi connectivity index (χ2n) is 6.62. The molecule has 0 radical (unpaired) electrons. The second kappa shape index (κ2) is 9.38. The molecule has 30 heavy (non-hydrogen) atoms. The molecule has 0 aliphatic carbocycles. The average Bonchev–Trinajstić information content (AvgIpc) is 2.95. The maximum absolute atomic E-state index is 12.8. The molecule has 1 fully saturated rings. The first-order valence-electron chi connectivity index (χ1n) is 9.35. The Kier molecular flexibility index (Phi) is 6.65. The highest BCUT2D eigenvalue weighted by Crippen LogP contribution is 2.37. The lowest BCUT2D eigenvalue weighted by molar-refractivity contribution is -0.123. The molecule has 6 nitrogen and oxygen atoms in total. The summed E-state index contributed by atoms with van der Waals surface area (Å²) < 4.78 is 11.1. The van der Waals surface area contributed by atoms with Crippen LogP contribution in [0.25, 0.3) is 6.08 Å². The second-order valence-corrected chi connectivity index (χ2v) is 7.03. The fraction of sp³-hybridized carbons (Fsp3) is 0.217. The SMILES string of the molecule is C#CCOc1c(Cl)cc(/C=C2/NC(=O)N(Cc3cccc(C)c3)C2=O)cc1OCC. The van der Waals surface area contributed by atoms with E-state index in [9.17, 15) is 9.59 Å². The number of hydrogen-bond donors (Lipinski definition) is 1. The minimum absolute atomic E-state index is 0.0443. The van der Waals surface area contributed by atoms with Gasteiger partial charge in [0, 0.05) is 0 Å². The lowest BCUT2D eigenvalue weighted by Crippen LogP contribution is -2.30. The van der Waals surface area contributed by atoms with Gasteiger partial charge in [0.05, 0.1) is 18.2 Å². The Bertz CT molecular complexity index is 1060. The van der Waals surface area contributed by atoms with Crippen molar-refractivity contribution in [3.63, 3.8) is 0 Å². The van der Waals surface area contributed by atoms with Gasteiger partial charge in [-0.3, -0.25) is 9.69 Å². The van der Waals surface area contributed by atoms with Gasteiger partial charge in [-0.25, -0.2) is 4.79 Å². The number of aryl methyl sites for hydroxylation is 1. The molecule has 0 spiro atoms. The molecule has 1 aliphatic rings. The van der Waals surface area contributed by atoms with E-state index < -0.39 is 11.9 Å². The van der Waals surface area contributed by atoms with Gasteiger partial charge in [-0.05, 0) is 43.2 Å². The highest BCUT2D eigenvalue weighted by Gasteiger charge is 2.33. The first-order valence-corrected chi connectivity index (χ1v) is 9.73. The van der Waals surface area contributed by atoms with Crippen molar-refractivity contribution in [1.82, 2.24) is 10.2 Å². The van der Waals surface area contributed by atoms with Crippen LogP contribution < -0.4 is 14.8 Å². The van der Waals surface area contributed by atoms with Crippen LogP contribution in [0.4, 0.5) is 4.79 Å². The van der Waals surface area contributed by atoms with Crippen molar-refractivity contribution in [2.24, 2.45) is 0 Å². The highest BCUT2D eigenvalue weighted by molar-refractivity contribution is 6.32. The fourth-order valence-electron chi connectivity index (χ4n) is 3.06. The molecule has 0 unspecified atom stereocenters. The molecule has 1 saturated heterocycles. The molecule has 0 bridgehead atoms. The predicted molar refractivity (Wildman–Crippen MR) is 115 cm³/mol. The van der Waals surface area contributed by atoms with Gasteiger partial charge in [-0.15, -0.1) is 6.42 Å². The van der Waals surface area contributed by atoms with E-state index in [0.717, 1.165) is 16.0 Å². The Labute approximate surface area is 180 Å². The van der Waals surface area contributed by atoms with Crippen LogP contribution in [0.2, 0.25) is 5.02 Å². The molecule has 3 amide bonds. The van der Waals surface area contributed by atoms with Gasteiger partial charge in [0.2, 0.25) is 0 Å². The van der Waals surface area contributed by atoms with E-state index in [0.29, 0.717) is 23.7 Å². The van der Waals surface area contributed by atoms with Crippen LogP contribution in [0.1, 0.15) is 23.6 Å². The van der Waals surface area contributed by atoms with Crippen molar-refractivity contribution < 1.29 is 19.1 Å². The summed E-state index contributed by atoms with van der Waals surface area (Å²) in [4.78, 5) is 26.3. The molecular formula is C23H21ClN2O4. The zero-order valence-corrected chi connectivity index (χ0v) is 17.5. The van der Waals surface area contributed by atoms with E-state index in [-0.39, 0.29) is 23.9 Å². The molecule has 7 heteroatoms. The lowest BCUT2D eigenvalue weighted by atomic mass is 10.1. The standard InChI is InChI=1S/C23H21ClN2O4/c1-4-9-30-21-18(24)11-17(13-20(21)29-5-2)12-19-22(27)26(23(28)25-19)14-16-8-6-7-15(3)10-16/h1,6-8,10-13H,5,9,14H2,2-3H3,(H,25,28)/b19-12+. The van der Waals surface area contributed by atoms with Gasteiger partial charge >= 0.3 is 6.03 Å². The van der Waals surface area contributed by atoms with Gasteiger partial charge < -0.3 is 14.8 Å². The number of hydrogen-bond acceptors (Lipinski definition) is 4. The molecule has 1 aliphatic heterocycles. The van der Waals surface area contributed by atoms with E-state index in [4.69, 9.17) is 27.5 Å². The summed E-state index contributed by atoms with van der Waals surface area (Å²) >= 11 is 6.32. The van der Waals surface area contributed by atoms with Crippen molar-refractivity contribution in [2.45, 2.75) is 20.4 Å². The van der Waals surface area contributed by atoms with Crippen molar-refractivity contribution in [3.05, 3.63) is 63.8 Å². The molecule has 1 heterocycles. The van der Waals surface area contributed by atoms with E-state index in [2.05, 4.69) is 11.2 Å². The summed E-state index contributed by atoms with van der Waals surface area (Å²) in [5, 5.41) is 2.90. The number of imide groups is 1. The summed E-state index contributed by atoms with van der Waals surface area (Å²) in [5.41, 5.74) is 2.66. The van der Waals surface area contributed by atoms with Gasteiger partial charge in [0.15, 0.2) is 11.5 Å². The smallest absolute Gasteiger partial charge is 0.329 e. The van der Waals surface area contributed by atoms with Gasteiger partial charge in [0.1, 0.15) is 12.3 Å². The minimum Gasteiger partial charge on any atom is -0.490 e. The number of urea groups is 1. The van der Waals surface area contributed by atoms with Crippen molar-refractivity contribution >= 4 is 29.6 Å². The molecule has 2 aromatic rings. The number of carbonyl (C=O) groups is 2. The molecule has 2 aromatic carbocycles. The zero-order valence-electron chi connectivity index (χ0n) is 16.7. The maximum Gasteiger partial charge on any atom is 0.329 e. The summed E-state index contributed by atoms with van der Waals surface area (Å²) in [6, 6.07) is 10.5. The number of nitrogens with one attached hydrogen (secondary N) is 1. The summed E-state index contributed by atoms with van der Waals surface area (Å²) in [7, 11) is 0. The summed E-state index contributed by atoms with van der Waals surface area (Å²) in [5.74, 6) is 2.70. The van der Waals surface area contributed by atoms with Crippen LogP contribution in [0.15, 0.2) is 42.1 Å². The Hall–Kier alpha value is -3.43. The van der Waals surface area contributed by atoms with Gasteiger partial charge in [-0.1, -0.05) is 47.4 Å². The Morgan fingerprint density at radius 2 is 2.03 bits per heavy atom. The Morgan fingerprint density at radius 1 is 1.23 bits per heavy atom. The van der Waals surface area contributed by atoms with E-state index in [1.54, 1.807) is 18.2 Å². The third-order valence-electron chi connectivity index (χ3n) is 4.33. The summed E-state index contributed by atoms with van der Waals surface area (Å²) in [6.07, 6.45) is 6.79. The molecule has 0 aromatic heterocycles. The van der Waals surface area contributed by atoms with E-state index >= 15 is 0 Å². The predicted octanol–water partition coefficient (Wildman–Crippen LogP) is 4.15. The molecule has 3 rings (SSSR count). The number of amides is 3. The van der Waals surface area contributed by atoms with Crippen LogP contribution in [0.5, 0.6) is 11.5 Å². The number of benzene rings is 2. The normalized spacial score (nSPS) is 14.6. The Morgan fingerprint density at radius 3 is 2.73 bits per heavy atom. The fourth-order valence-corrected chi connectivity index (χ4v) is 3.34. The monoisotopic (exact) mass is 424 g/mol. The van der Waals surface area contributed by atoms with Crippen LogP contribution >= 0.6 is 11.6 Å². The van der Waals surface area contributed by atoms with Crippen molar-refractivity contribution in [3.8, 4) is 23.8 Å².